The van der Waals surface area contributed by atoms with E-state index in [9.17, 15) is 0 Å². The summed E-state index contributed by atoms with van der Waals surface area (Å²) in [5, 5.41) is 0. The molecule has 4 atom stereocenters. The highest BCUT2D eigenvalue weighted by Gasteiger charge is 2.37. The maximum Gasteiger partial charge on any atom is 0.0248 e. The highest BCUT2D eigenvalue weighted by molar-refractivity contribution is 4.94. The Kier molecular flexibility index (Phi) is 5.05. The van der Waals surface area contributed by atoms with Crippen molar-refractivity contribution in [3.63, 3.8) is 0 Å². The maximum absolute atomic E-state index is 6.08. The first-order valence-corrected chi connectivity index (χ1v) is 7.87. The van der Waals surface area contributed by atoms with E-state index in [4.69, 9.17) is 5.73 Å². The molecule has 0 bridgehead atoms. The SMILES string of the molecule is CCCC(C)C(CN)N1CC2CCCN2CC1C. The van der Waals surface area contributed by atoms with Gasteiger partial charge in [0.25, 0.3) is 0 Å². The van der Waals surface area contributed by atoms with E-state index in [1.165, 1.54) is 45.3 Å². The van der Waals surface area contributed by atoms with Crippen molar-refractivity contribution in [2.75, 3.05) is 26.2 Å². The van der Waals surface area contributed by atoms with Crippen LogP contribution in [0.3, 0.4) is 0 Å². The average molecular weight is 253 g/mol. The standard InChI is InChI=1S/C15H31N3/c1-4-6-12(2)15(9-16)18-11-14-7-5-8-17(14)10-13(18)3/h12-15H,4-11,16H2,1-3H3. The van der Waals surface area contributed by atoms with Gasteiger partial charge in [0.1, 0.15) is 0 Å². The predicted molar refractivity (Wildman–Crippen MR) is 77.7 cm³/mol. The molecule has 18 heavy (non-hydrogen) atoms. The molecule has 2 heterocycles. The monoisotopic (exact) mass is 253 g/mol. The van der Waals surface area contributed by atoms with Crippen LogP contribution in [0.1, 0.15) is 46.5 Å². The molecule has 2 fully saturated rings. The van der Waals surface area contributed by atoms with Crippen LogP contribution in [-0.2, 0) is 0 Å². The number of fused-ring (bicyclic) bond motifs is 1. The van der Waals surface area contributed by atoms with Crippen molar-refractivity contribution in [3.05, 3.63) is 0 Å². The molecule has 0 saturated carbocycles. The van der Waals surface area contributed by atoms with Crippen LogP contribution in [0.5, 0.6) is 0 Å². The maximum atomic E-state index is 6.08. The van der Waals surface area contributed by atoms with Crippen LogP contribution in [0.2, 0.25) is 0 Å². The molecular weight excluding hydrogens is 222 g/mol. The molecule has 0 aromatic carbocycles. The van der Waals surface area contributed by atoms with E-state index < -0.39 is 0 Å². The fraction of sp³-hybridized carbons (Fsp3) is 1.00. The highest BCUT2D eigenvalue weighted by Crippen LogP contribution is 2.28. The van der Waals surface area contributed by atoms with Crippen molar-refractivity contribution in [1.82, 2.24) is 9.80 Å². The van der Waals surface area contributed by atoms with Crippen molar-refractivity contribution in [2.45, 2.75) is 64.6 Å². The zero-order valence-corrected chi connectivity index (χ0v) is 12.4. The normalized spacial score (nSPS) is 33.3. The smallest absolute Gasteiger partial charge is 0.0248 e. The largest absolute Gasteiger partial charge is 0.329 e. The topological polar surface area (TPSA) is 32.5 Å². The molecule has 2 rings (SSSR count). The lowest BCUT2D eigenvalue weighted by atomic mass is 9.92. The second kappa shape index (κ2) is 6.36. The molecule has 2 aliphatic heterocycles. The summed E-state index contributed by atoms with van der Waals surface area (Å²) < 4.78 is 0. The lowest BCUT2D eigenvalue weighted by molar-refractivity contribution is 0.0123. The third kappa shape index (κ3) is 2.89. The Morgan fingerprint density at radius 1 is 1.33 bits per heavy atom. The van der Waals surface area contributed by atoms with E-state index in [1.807, 2.05) is 0 Å². The van der Waals surface area contributed by atoms with Crippen molar-refractivity contribution >= 4 is 0 Å². The predicted octanol–water partition coefficient (Wildman–Crippen LogP) is 1.92. The van der Waals surface area contributed by atoms with E-state index in [2.05, 4.69) is 30.6 Å². The van der Waals surface area contributed by atoms with E-state index in [0.29, 0.717) is 12.1 Å². The molecule has 4 unspecified atom stereocenters. The van der Waals surface area contributed by atoms with Gasteiger partial charge in [-0.05, 0) is 38.6 Å². The molecule has 106 valence electrons. The number of rotatable bonds is 5. The summed E-state index contributed by atoms with van der Waals surface area (Å²) in [6, 6.07) is 2.07. The Hall–Kier alpha value is -0.120. The second-order valence-electron chi connectivity index (χ2n) is 6.41. The molecule has 0 amide bonds. The lowest BCUT2D eigenvalue weighted by Gasteiger charge is -2.47. The molecular formula is C15H31N3. The van der Waals surface area contributed by atoms with Crippen molar-refractivity contribution in [3.8, 4) is 0 Å². The van der Waals surface area contributed by atoms with Gasteiger partial charge in [-0.1, -0.05) is 20.3 Å². The second-order valence-corrected chi connectivity index (χ2v) is 6.41. The van der Waals surface area contributed by atoms with E-state index in [0.717, 1.165) is 18.5 Å². The summed E-state index contributed by atoms with van der Waals surface area (Å²) in [5.41, 5.74) is 6.08. The van der Waals surface area contributed by atoms with Gasteiger partial charge >= 0.3 is 0 Å². The van der Waals surface area contributed by atoms with Crippen molar-refractivity contribution in [2.24, 2.45) is 11.7 Å². The number of hydrogen-bond donors (Lipinski definition) is 1. The van der Waals surface area contributed by atoms with Gasteiger partial charge < -0.3 is 5.73 Å². The van der Waals surface area contributed by atoms with Gasteiger partial charge in [-0.2, -0.15) is 0 Å². The molecule has 0 aromatic rings. The average Bonchev–Trinajstić information content (AvgIpc) is 2.77. The summed E-state index contributed by atoms with van der Waals surface area (Å²) in [4.78, 5) is 5.41. The summed E-state index contributed by atoms with van der Waals surface area (Å²) in [7, 11) is 0. The van der Waals surface area contributed by atoms with Gasteiger partial charge in [0.2, 0.25) is 0 Å². The molecule has 3 heteroatoms. The quantitative estimate of drug-likeness (QED) is 0.812. The van der Waals surface area contributed by atoms with Crippen LogP contribution in [0.15, 0.2) is 0 Å². The highest BCUT2D eigenvalue weighted by atomic mass is 15.3. The van der Waals surface area contributed by atoms with Crippen LogP contribution >= 0.6 is 0 Å². The molecule has 2 saturated heterocycles. The van der Waals surface area contributed by atoms with Crippen molar-refractivity contribution in [1.29, 1.82) is 0 Å². The van der Waals surface area contributed by atoms with Crippen LogP contribution < -0.4 is 5.73 Å². The zero-order valence-electron chi connectivity index (χ0n) is 12.4. The molecule has 0 aromatic heterocycles. The molecule has 2 N–H and O–H groups in total. The minimum atomic E-state index is 0.586. The Morgan fingerprint density at radius 3 is 2.78 bits per heavy atom. The minimum Gasteiger partial charge on any atom is -0.329 e. The fourth-order valence-corrected chi connectivity index (χ4v) is 4.01. The first-order chi connectivity index (χ1) is 8.67. The van der Waals surface area contributed by atoms with Gasteiger partial charge in [0.15, 0.2) is 0 Å². The summed E-state index contributed by atoms with van der Waals surface area (Å²) in [6.45, 7) is 11.7. The summed E-state index contributed by atoms with van der Waals surface area (Å²) in [5.74, 6) is 0.732. The molecule has 0 aliphatic carbocycles. The third-order valence-electron chi connectivity index (χ3n) is 5.05. The van der Waals surface area contributed by atoms with E-state index >= 15 is 0 Å². The Labute approximate surface area is 113 Å². The van der Waals surface area contributed by atoms with E-state index in [-0.39, 0.29) is 0 Å². The first kappa shape index (κ1) is 14.3. The van der Waals surface area contributed by atoms with E-state index in [1.54, 1.807) is 0 Å². The van der Waals surface area contributed by atoms with Crippen LogP contribution in [0.4, 0.5) is 0 Å². The Balaban J connectivity index is 2.00. The zero-order chi connectivity index (χ0) is 13.1. The first-order valence-electron chi connectivity index (χ1n) is 7.87. The molecule has 2 aliphatic rings. The van der Waals surface area contributed by atoms with Gasteiger partial charge in [0.05, 0.1) is 0 Å². The molecule has 3 nitrogen and oxygen atoms in total. The van der Waals surface area contributed by atoms with Crippen LogP contribution in [0.25, 0.3) is 0 Å². The van der Waals surface area contributed by atoms with Gasteiger partial charge in [-0.25, -0.2) is 0 Å². The Bertz CT molecular complexity index is 256. The number of nitrogens with two attached hydrogens (primary N) is 1. The van der Waals surface area contributed by atoms with Gasteiger partial charge in [-0.15, -0.1) is 0 Å². The lowest BCUT2D eigenvalue weighted by Crippen LogP contribution is -2.60. The summed E-state index contributed by atoms with van der Waals surface area (Å²) >= 11 is 0. The Morgan fingerprint density at radius 2 is 2.11 bits per heavy atom. The third-order valence-corrected chi connectivity index (χ3v) is 5.05. The fourth-order valence-electron chi connectivity index (χ4n) is 4.01. The number of hydrogen-bond acceptors (Lipinski definition) is 3. The molecule has 0 radical (unpaired) electrons. The van der Waals surface area contributed by atoms with Gasteiger partial charge in [-0.3, -0.25) is 9.80 Å². The van der Waals surface area contributed by atoms with Crippen LogP contribution in [-0.4, -0.2) is 54.1 Å². The number of nitrogens with zero attached hydrogens (tertiary/aromatic N) is 2. The number of piperazine rings is 1. The summed E-state index contributed by atoms with van der Waals surface area (Å²) in [6.07, 6.45) is 5.36. The van der Waals surface area contributed by atoms with Crippen LogP contribution in [0, 0.1) is 5.92 Å². The molecule has 0 spiro atoms. The minimum absolute atomic E-state index is 0.586. The van der Waals surface area contributed by atoms with Crippen molar-refractivity contribution < 1.29 is 0 Å². The van der Waals surface area contributed by atoms with Gasteiger partial charge in [0, 0.05) is 37.8 Å².